The van der Waals surface area contributed by atoms with E-state index in [0.29, 0.717) is 0 Å². The molecule has 0 saturated heterocycles. The molecule has 0 aliphatic carbocycles. The molecule has 1 N–H and O–H groups in total. The van der Waals surface area contributed by atoms with Crippen molar-refractivity contribution in [2.75, 3.05) is 19.1 Å². The summed E-state index contributed by atoms with van der Waals surface area (Å²) in [7, 11) is 3.58. The minimum Gasteiger partial charge on any atom is -0.497 e. The SMILES string of the molecule is COc1cccc(N(C)c2cc([C@H](C)O)ccn2)c1. The summed E-state index contributed by atoms with van der Waals surface area (Å²) < 4.78 is 5.22. The van der Waals surface area contributed by atoms with Gasteiger partial charge < -0.3 is 14.7 Å². The third-order valence-electron chi connectivity index (χ3n) is 3.04. The van der Waals surface area contributed by atoms with E-state index in [9.17, 15) is 5.11 Å². The predicted molar refractivity (Wildman–Crippen MR) is 75.9 cm³/mol. The van der Waals surface area contributed by atoms with Crippen LogP contribution < -0.4 is 9.64 Å². The molecule has 0 fully saturated rings. The van der Waals surface area contributed by atoms with Gasteiger partial charge >= 0.3 is 0 Å². The molecule has 1 atom stereocenters. The van der Waals surface area contributed by atoms with Gasteiger partial charge in [-0.1, -0.05) is 6.07 Å². The monoisotopic (exact) mass is 258 g/mol. The first kappa shape index (κ1) is 13.4. The molecule has 4 nitrogen and oxygen atoms in total. The van der Waals surface area contributed by atoms with Crippen molar-refractivity contribution in [2.45, 2.75) is 13.0 Å². The van der Waals surface area contributed by atoms with Gasteiger partial charge in [0.1, 0.15) is 11.6 Å². The molecule has 4 heteroatoms. The highest BCUT2D eigenvalue weighted by atomic mass is 16.5. The number of pyridine rings is 1. The lowest BCUT2D eigenvalue weighted by atomic mass is 10.1. The van der Waals surface area contributed by atoms with E-state index in [1.165, 1.54) is 0 Å². The molecule has 19 heavy (non-hydrogen) atoms. The molecule has 0 spiro atoms. The molecule has 0 aliphatic rings. The Bertz CT molecular complexity index is 555. The summed E-state index contributed by atoms with van der Waals surface area (Å²) in [6.45, 7) is 1.74. The fraction of sp³-hybridized carbons (Fsp3) is 0.267. The Hall–Kier alpha value is -2.07. The van der Waals surface area contributed by atoms with Gasteiger partial charge in [0.05, 0.1) is 13.2 Å². The first-order valence-electron chi connectivity index (χ1n) is 6.13. The lowest BCUT2D eigenvalue weighted by Crippen LogP contribution is -2.11. The molecule has 0 bridgehead atoms. The van der Waals surface area contributed by atoms with Crippen LogP contribution in [0, 0.1) is 0 Å². The number of aliphatic hydroxyl groups excluding tert-OH is 1. The van der Waals surface area contributed by atoms with Gasteiger partial charge in [-0.15, -0.1) is 0 Å². The highest BCUT2D eigenvalue weighted by molar-refractivity contribution is 5.61. The van der Waals surface area contributed by atoms with Crippen molar-refractivity contribution in [2.24, 2.45) is 0 Å². The van der Waals surface area contributed by atoms with Gasteiger partial charge in [0.15, 0.2) is 0 Å². The second kappa shape index (κ2) is 5.71. The van der Waals surface area contributed by atoms with Gasteiger partial charge in [-0.3, -0.25) is 0 Å². The number of ether oxygens (including phenoxy) is 1. The second-order valence-electron chi connectivity index (χ2n) is 4.38. The fourth-order valence-electron chi connectivity index (χ4n) is 1.83. The van der Waals surface area contributed by atoms with Gasteiger partial charge in [0, 0.05) is 25.0 Å². The molecular weight excluding hydrogens is 240 g/mol. The van der Waals surface area contributed by atoms with Crippen molar-refractivity contribution in [3.05, 3.63) is 48.2 Å². The van der Waals surface area contributed by atoms with Crippen LogP contribution in [0.25, 0.3) is 0 Å². The first-order valence-corrected chi connectivity index (χ1v) is 6.13. The summed E-state index contributed by atoms with van der Waals surface area (Å²) in [6.07, 6.45) is 1.20. The van der Waals surface area contributed by atoms with Gasteiger partial charge in [-0.25, -0.2) is 4.98 Å². The Labute approximate surface area is 113 Å². The molecule has 1 aromatic carbocycles. The second-order valence-corrected chi connectivity index (χ2v) is 4.38. The van der Waals surface area contributed by atoms with Crippen molar-refractivity contribution >= 4 is 11.5 Å². The normalized spacial score (nSPS) is 12.0. The third kappa shape index (κ3) is 3.03. The molecule has 2 aromatic rings. The Kier molecular flexibility index (Phi) is 4.02. The Balaban J connectivity index is 2.32. The number of hydrogen-bond acceptors (Lipinski definition) is 4. The fourth-order valence-corrected chi connectivity index (χ4v) is 1.83. The Morgan fingerprint density at radius 1 is 1.26 bits per heavy atom. The minimum absolute atomic E-state index is 0.500. The molecule has 0 saturated carbocycles. The van der Waals surface area contributed by atoms with E-state index in [1.807, 2.05) is 48.3 Å². The van der Waals surface area contributed by atoms with Gasteiger partial charge in [-0.2, -0.15) is 0 Å². The first-order chi connectivity index (χ1) is 9.11. The van der Waals surface area contributed by atoms with E-state index in [4.69, 9.17) is 4.74 Å². The molecule has 2 rings (SSSR count). The molecule has 0 amide bonds. The van der Waals surface area contributed by atoms with Crippen LogP contribution in [0.15, 0.2) is 42.6 Å². The topological polar surface area (TPSA) is 45.6 Å². The van der Waals surface area contributed by atoms with E-state index < -0.39 is 6.10 Å². The summed E-state index contributed by atoms with van der Waals surface area (Å²) in [5.41, 5.74) is 1.83. The summed E-state index contributed by atoms with van der Waals surface area (Å²) in [5.74, 6) is 1.59. The van der Waals surface area contributed by atoms with Crippen LogP contribution in [0.4, 0.5) is 11.5 Å². The average Bonchev–Trinajstić information content (AvgIpc) is 2.46. The smallest absolute Gasteiger partial charge is 0.133 e. The quantitative estimate of drug-likeness (QED) is 0.916. The van der Waals surface area contributed by atoms with Crippen molar-refractivity contribution in [1.29, 1.82) is 0 Å². The van der Waals surface area contributed by atoms with Crippen LogP contribution in [-0.4, -0.2) is 24.2 Å². The highest BCUT2D eigenvalue weighted by Gasteiger charge is 2.09. The molecule has 1 heterocycles. The van der Waals surface area contributed by atoms with E-state index in [0.717, 1.165) is 22.8 Å². The summed E-state index contributed by atoms with van der Waals surface area (Å²) in [5, 5.41) is 9.62. The molecule has 0 aliphatic heterocycles. The molecule has 1 aromatic heterocycles. The summed E-state index contributed by atoms with van der Waals surface area (Å²) in [4.78, 5) is 6.28. The summed E-state index contributed by atoms with van der Waals surface area (Å²) in [6, 6.07) is 11.5. The van der Waals surface area contributed by atoms with Crippen molar-refractivity contribution in [3.8, 4) is 5.75 Å². The standard InChI is InChI=1S/C15H18N2O2/c1-11(18)12-7-8-16-15(9-12)17(2)13-5-4-6-14(10-13)19-3/h4-11,18H,1-3H3/t11-/m0/s1. The summed E-state index contributed by atoms with van der Waals surface area (Å²) >= 11 is 0. The van der Waals surface area contributed by atoms with E-state index in [2.05, 4.69) is 4.98 Å². The van der Waals surface area contributed by atoms with Crippen molar-refractivity contribution in [3.63, 3.8) is 0 Å². The number of aromatic nitrogens is 1. The Morgan fingerprint density at radius 2 is 2.05 bits per heavy atom. The number of benzene rings is 1. The maximum absolute atomic E-state index is 9.62. The molecule has 0 radical (unpaired) electrons. The van der Waals surface area contributed by atoms with E-state index >= 15 is 0 Å². The van der Waals surface area contributed by atoms with Crippen LogP contribution >= 0.6 is 0 Å². The van der Waals surface area contributed by atoms with E-state index in [-0.39, 0.29) is 0 Å². The number of nitrogens with zero attached hydrogens (tertiary/aromatic N) is 2. The van der Waals surface area contributed by atoms with Crippen LogP contribution in [0.2, 0.25) is 0 Å². The number of anilines is 2. The zero-order valence-electron chi connectivity index (χ0n) is 11.4. The highest BCUT2D eigenvalue weighted by Crippen LogP contribution is 2.26. The van der Waals surface area contributed by atoms with Crippen LogP contribution in [0.5, 0.6) is 5.75 Å². The minimum atomic E-state index is -0.500. The van der Waals surface area contributed by atoms with Crippen molar-refractivity contribution in [1.82, 2.24) is 4.98 Å². The van der Waals surface area contributed by atoms with Crippen LogP contribution in [0.3, 0.4) is 0 Å². The van der Waals surface area contributed by atoms with E-state index in [1.54, 1.807) is 20.2 Å². The average molecular weight is 258 g/mol. The maximum atomic E-state index is 9.62. The zero-order chi connectivity index (χ0) is 13.8. The number of aliphatic hydroxyl groups is 1. The van der Waals surface area contributed by atoms with Crippen LogP contribution in [-0.2, 0) is 0 Å². The lowest BCUT2D eigenvalue weighted by molar-refractivity contribution is 0.199. The number of hydrogen-bond donors (Lipinski definition) is 1. The third-order valence-corrected chi connectivity index (χ3v) is 3.04. The van der Waals surface area contributed by atoms with Gasteiger partial charge in [-0.05, 0) is 36.8 Å². The Morgan fingerprint density at radius 3 is 2.74 bits per heavy atom. The largest absolute Gasteiger partial charge is 0.497 e. The maximum Gasteiger partial charge on any atom is 0.133 e. The lowest BCUT2D eigenvalue weighted by Gasteiger charge is -2.20. The van der Waals surface area contributed by atoms with Crippen molar-refractivity contribution < 1.29 is 9.84 Å². The van der Waals surface area contributed by atoms with Gasteiger partial charge in [0.2, 0.25) is 0 Å². The molecule has 0 unspecified atom stereocenters. The number of methoxy groups -OCH3 is 1. The number of rotatable bonds is 4. The zero-order valence-corrected chi connectivity index (χ0v) is 11.4. The van der Waals surface area contributed by atoms with Gasteiger partial charge in [0.25, 0.3) is 0 Å². The van der Waals surface area contributed by atoms with Crippen LogP contribution in [0.1, 0.15) is 18.6 Å². The predicted octanol–water partition coefficient (Wildman–Crippen LogP) is 2.91. The molecule has 100 valence electrons. The molecular formula is C15H18N2O2.